The summed E-state index contributed by atoms with van der Waals surface area (Å²) in [6.45, 7) is 2.70. The molecule has 5 nitrogen and oxygen atoms in total. The Morgan fingerprint density at radius 1 is 0.966 bits per heavy atom. The van der Waals surface area contributed by atoms with Gasteiger partial charge in [-0.15, -0.1) is 0 Å². The molecule has 2 aromatic carbocycles. The van der Waals surface area contributed by atoms with Crippen LogP contribution in [0.1, 0.15) is 28.8 Å². The van der Waals surface area contributed by atoms with Crippen molar-refractivity contribution in [3.05, 3.63) is 64.7 Å². The van der Waals surface area contributed by atoms with Gasteiger partial charge < -0.3 is 0 Å². The molecule has 4 atom stereocenters. The largest absolute Gasteiger partial charge is 0.292 e. The van der Waals surface area contributed by atoms with Crippen molar-refractivity contribution < 1.29 is 14.4 Å². The first-order valence-corrected chi connectivity index (χ1v) is 10.3. The van der Waals surface area contributed by atoms with Crippen molar-refractivity contribution in [3.8, 4) is 0 Å². The molecule has 3 heterocycles. The summed E-state index contributed by atoms with van der Waals surface area (Å²) in [5.74, 6) is -1.62. The zero-order chi connectivity index (χ0) is 20.3. The smallest absolute Gasteiger partial charge is 0.239 e. The molecular weight excluding hydrogens is 388 g/mol. The van der Waals surface area contributed by atoms with E-state index in [-0.39, 0.29) is 23.6 Å². The molecule has 6 heteroatoms. The third-order valence-corrected chi connectivity index (χ3v) is 6.79. The molecule has 0 aliphatic carbocycles. The van der Waals surface area contributed by atoms with Gasteiger partial charge in [-0.2, -0.15) is 0 Å². The Kier molecular flexibility index (Phi) is 4.33. The second kappa shape index (κ2) is 6.78. The molecule has 148 valence electrons. The van der Waals surface area contributed by atoms with Gasteiger partial charge in [0, 0.05) is 16.6 Å². The number of aryl methyl sites for hydroxylation is 1. The molecule has 0 N–H and O–H groups in total. The van der Waals surface area contributed by atoms with E-state index in [4.69, 9.17) is 11.6 Å². The van der Waals surface area contributed by atoms with Crippen LogP contribution in [-0.2, 0) is 9.59 Å². The molecule has 0 saturated carbocycles. The highest BCUT2D eigenvalue weighted by atomic mass is 35.5. The summed E-state index contributed by atoms with van der Waals surface area (Å²) < 4.78 is 0. The number of imide groups is 1. The van der Waals surface area contributed by atoms with Gasteiger partial charge in [-0.3, -0.25) is 19.3 Å². The van der Waals surface area contributed by atoms with Crippen LogP contribution < -0.4 is 4.90 Å². The van der Waals surface area contributed by atoms with Crippen LogP contribution >= 0.6 is 11.6 Å². The number of hydrogen-bond donors (Lipinski definition) is 0. The van der Waals surface area contributed by atoms with Gasteiger partial charge in [0.25, 0.3) is 0 Å². The number of nitrogens with zero attached hydrogens (tertiary/aromatic N) is 2. The number of halogens is 1. The van der Waals surface area contributed by atoms with Crippen LogP contribution in [0.15, 0.2) is 48.5 Å². The zero-order valence-corrected chi connectivity index (χ0v) is 16.8. The highest BCUT2D eigenvalue weighted by Gasteiger charge is 2.64. The fraction of sp³-hybridized carbons (Fsp3) is 0.348. The van der Waals surface area contributed by atoms with Gasteiger partial charge in [0.1, 0.15) is 0 Å². The van der Waals surface area contributed by atoms with Crippen LogP contribution in [0, 0.1) is 18.8 Å². The molecule has 0 spiro atoms. The van der Waals surface area contributed by atoms with Gasteiger partial charge in [0.15, 0.2) is 5.78 Å². The van der Waals surface area contributed by atoms with E-state index in [1.807, 2.05) is 19.1 Å². The molecule has 0 aromatic heterocycles. The Bertz CT molecular complexity index is 1000. The van der Waals surface area contributed by atoms with Gasteiger partial charge in [-0.05, 0) is 62.7 Å². The molecule has 2 amide bonds. The number of hydrogen-bond acceptors (Lipinski definition) is 4. The lowest BCUT2D eigenvalue weighted by molar-refractivity contribution is -0.123. The second-order valence-corrected chi connectivity index (χ2v) is 8.60. The SMILES string of the molecule is Cc1ccc(N2C(=O)[C@H]3[C@H](C2=O)[C@H](C(=O)c2ccc(Cl)cc2)N2CCC[C@H]32)cc1. The van der Waals surface area contributed by atoms with Crippen LogP contribution in [0.5, 0.6) is 0 Å². The standard InChI is InChI=1S/C23H21ClN2O3/c1-13-4-10-16(11-5-13)26-22(28)18-17-3-2-12-25(17)20(19(18)23(26)29)21(27)14-6-8-15(24)9-7-14/h4-11,17-20H,2-3,12H2,1H3/t17-,18-,19+,20-/m1/s1. The molecule has 5 rings (SSSR count). The van der Waals surface area contributed by atoms with E-state index in [2.05, 4.69) is 4.90 Å². The topological polar surface area (TPSA) is 57.7 Å². The second-order valence-electron chi connectivity index (χ2n) is 8.16. The summed E-state index contributed by atoms with van der Waals surface area (Å²) >= 11 is 5.97. The quantitative estimate of drug-likeness (QED) is 0.576. The molecule has 3 saturated heterocycles. The first-order chi connectivity index (χ1) is 14.0. The molecule has 3 fully saturated rings. The predicted molar refractivity (Wildman–Crippen MR) is 110 cm³/mol. The Labute approximate surface area is 174 Å². The third-order valence-electron chi connectivity index (χ3n) is 6.54. The maximum absolute atomic E-state index is 13.4. The lowest BCUT2D eigenvalue weighted by Gasteiger charge is -2.27. The molecule has 29 heavy (non-hydrogen) atoms. The number of anilines is 1. The fourth-order valence-electron chi connectivity index (χ4n) is 5.25. The number of rotatable bonds is 3. The van der Waals surface area contributed by atoms with Gasteiger partial charge in [-0.25, -0.2) is 4.90 Å². The first kappa shape index (κ1) is 18.5. The summed E-state index contributed by atoms with van der Waals surface area (Å²) in [5, 5.41) is 0.558. The molecule has 0 unspecified atom stereocenters. The van der Waals surface area contributed by atoms with E-state index in [0.717, 1.165) is 24.9 Å². The maximum atomic E-state index is 13.4. The normalized spacial score (nSPS) is 28.7. The highest BCUT2D eigenvalue weighted by Crippen LogP contribution is 2.48. The lowest BCUT2D eigenvalue weighted by atomic mass is 9.85. The van der Waals surface area contributed by atoms with Crippen LogP contribution in [-0.4, -0.2) is 41.1 Å². The summed E-state index contributed by atoms with van der Waals surface area (Å²) in [4.78, 5) is 43.6. The zero-order valence-electron chi connectivity index (χ0n) is 16.0. The van der Waals surface area contributed by atoms with Crippen molar-refractivity contribution in [2.45, 2.75) is 31.8 Å². The molecular formula is C23H21ClN2O3. The monoisotopic (exact) mass is 408 g/mol. The van der Waals surface area contributed by atoms with E-state index in [1.165, 1.54) is 4.90 Å². The van der Waals surface area contributed by atoms with Crippen molar-refractivity contribution in [1.82, 2.24) is 4.90 Å². The van der Waals surface area contributed by atoms with Crippen molar-refractivity contribution in [2.24, 2.45) is 11.8 Å². The number of carbonyl (C=O) groups excluding carboxylic acids is 3. The molecule has 2 aromatic rings. The van der Waals surface area contributed by atoms with Crippen molar-refractivity contribution >= 4 is 34.9 Å². The number of benzene rings is 2. The minimum Gasteiger partial charge on any atom is -0.292 e. The summed E-state index contributed by atoms with van der Waals surface area (Å²) in [6.07, 6.45) is 1.77. The Hall–Kier alpha value is -2.50. The Morgan fingerprint density at radius 2 is 1.62 bits per heavy atom. The average molecular weight is 409 g/mol. The molecule has 0 bridgehead atoms. The van der Waals surface area contributed by atoms with E-state index < -0.39 is 17.9 Å². The minimum atomic E-state index is -0.628. The van der Waals surface area contributed by atoms with E-state index in [0.29, 0.717) is 16.3 Å². The van der Waals surface area contributed by atoms with Crippen molar-refractivity contribution in [1.29, 1.82) is 0 Å². The third kappa shape index (κ3) is 2.75. The van der Waals surface area contributed by atoms with Gasteiger partial charge in [0.05, 0.1) is 23.6 Å². The number of ketones is 1. The maximum Gasteiger partial charge on any atom is 0.239 e. The minimum absolute atomic E-state index is 0.0480. The number of fused-ring (bicyclic) bond motifs is 3. The molecule has 3 aliphatic heterocycles. The van der Waals surface area contributed by atoms with Crippen molar-refractivity contribution in [2.75, 3.05) is 11.4 Å². The molecule has 3 aliphatic rings. The summed E-state index contributed by atoms with van der Waals surface area (Å²) in [7, 11) is 0. The number of carbonyl (C=O) groups is 3. The van der Waals surface area contributed by atoms with Gasteiger partial charge in [0.2, 0.25) is 11.8 Å². The van der Waals surface area contributed by atoms with Crippen LogP contribution in [0.3, 0.4) is 0 Å². The highest BCUT2D eigenvalue weighted by molar-refractivity contribution is 6.30. The van der Waals surface area contributed by atoms with Crippen LogP contribution in [0.4, 0.5) is 5.69 Å². The molecule has 0 radical (unpaired) electrons. The summed E-state index contributed by atoms with van der Waals surface area (Å²) in [6, 6.07) is 13.5. The Morgan fingerprint density at radius 3 is 2.31 bits per heavy atom. The van der Waals surface area contributed by atoms with E-state index in [9.17, 15) is 14.4 Å². The summed E-state index contributed by atoms with van der Waals surface area (Å²) in [5.41, 5.74) is 2.17. The lowest BCUT2D eigenvalue weighted by Crippen LogP contribution is -2.46. The van der Waals surface area contributed by atoms with E-state index in [1.54, 1.807) is 36.4 Å². The number of Topliss-reactive ketones (excluding diaryl/α,β-unsaturated/α-hetero) is 1. The Balaban J connectivity index is 1.54. The van der Waals surface area contributed by atoms with Crippen LogP contribution in [0.2, 0.25) is 5.02 Å². The van der Waals surface area contributed by atoms with Gasteiger partial charge >= 0.3 is 0 Å². The van der Waals surface area contributed by atoms with Crippen LogP contribution in [0.25, 0.3) is 0 Å². The van der Waals surface area contributed by atoms with E-state index >= 15 is 0 Å². The fourth-order valence-corrected chi connectivity index (χ4v) is 5.37. The average Bonchev–Trinajstić information content (AvgIpc) is 3.35. The first-order valence-electron chi connectivity index (χ1n) is 9.97. The van der Waals surface area contributed by atoms with Gasteiger partial charge in [-0.1, -0.05) is 29.3 Å². The number of amides is 2. The predicted octanol–water partition coefficient (Wildman–Crippen LogP) is 3.48. The van der Waals surface area contributed by atoms with Crippen molar-refractivity contribution in [3.63, 3.8) is 0 Å².